The molecule has 3 heterocycles. The van der Waals surface area contributed by atoms with E-state index in [0.717, 1.165) is 49.8 Å². The highest BCUT2D eigenvalue weighted by Gasteiger charge is 2.52. The van der Waals surface area contributed by atoms with Crippen LogP contribution in [0.1, 0.15) is 62.7 Å². The minimum absolute atomic E-state index is 0.0201. The van der Waals surface area contributed by atoms with Crippen molar-refractivity contribution in [3.8, 4) is 11.5 Å². The molecular formula is C28H32N2O5. The topological polar surface area (TPSA) is 78.0 Å². The number of hydrogen-bond donors (Lipinski definition) is 0. The van der Waals surface area contributed by atoms with E-state index in [9.17, 15) is 9.59 Å². The summed E-state index contributed by atoms with van der Waals surface area (Å²) in [6.07, 6.45) is 5.34. The van der Waals surface area contributed by atoms with E-state index in [2.05, 4.69) is 11.9 Å². The van der Waals surface area contributed by atoms with Gasteiger partial charge in [0.2, 0.25) is 0 Å². The van der Waals surface area contributed by atoms with E-state index in [-0.39, 0.29) is 29.5 Å². The second kappa shape index (κ2) is 9.72. The molecule has 3 unspecified atom stereocenters. The molecule has 0 saturated heterocycles. The number of carbonyl (C=O) groups is 2. The number of aryl methyl sites for hydroxylation is 1. The molecular weight excluding hydrogens is 444 g/mol. The third-order valence-corrected chi connectivity index (χ3v) is 7.14. The third-order valence-electron chi connectivity index (χ3n) is 7.14. The van der Waals surface area contributed by atoms with Gasteiger partial charge in [-0.15, -0.1) is 0 Å². The number of ether oxygens (including phenoxy) is 3. The fourth-order valence-corrected chi connectivity index (χ4v) is 5.36. The largest absolute Gasteiger partial charge is 0.493 e. The second-order valence-corrected chi connectivity index (χ2v) is 9.48. The number of anilines is 1. The first-order valence-electron chi connectivity index (χ1n) is 12.6. The number of nitrogens with zero attached hydrogens (tertiary/aromatic N) is 2. The van der Waals surface area contributed by atoms with Crippen LogP contribution in [0, 0.1) is 12.8 Å². The van der Waals surface area contributed by atoms with Gasteiger partial charge in [-0.2, -0.15) is 0 Å². The molecule has 1 amide bonds. The average Bonchev–Trinajstić information content (AvgIpc) is 3.17. The normalized spacial score (nSPS) is 23.6. The van der Waals surface area contributed by atoms with Gasteiger partial charge in [0, 0.05) is 5.69 Å². The van der Waals surface area contributed by atoms with Gasteiger partial charge in [0.05, 0.1) is 31.2 Å². The standard InChI is InChI=1S/C28H32N2O5/c1-4-5-15-34-21-14-13-18(16-22(21)33-3)25-24-26(31)19-10-6-7-11-20(19)35-27(24)28(32)30(25)23-12-8-9-17(2)29-23/h8-9,12-14,16,19-20,25H,4-7,10-11,15H2,1-3H3. The zero-order valence-electron chi connectivity index (χ0n) is 20.6. The zero-order chi connectivity index (χ0) is 24.5. The van der Waals surface area contributed by atoms with Crippen LogP contribution in [-0.2, 0) is 14.3 Å². The predicted molar refractivity (Wildman–Crippen MR) is 131 cm³/mol. The first kappa shape index (κ1) is 23.4. The lowest BCUT2D eigenvalue weighted by atomic mass is 9.77. The molecule has 7 nitrogen and oxygen atoms in total. The van der Waals surface area contributed by atoms with Crippen LogP contribution in [0.4, 0.5) is 5.82 Å². The second-order valence-electron chi connectivity index (χ2n) is 9.48. The highest BCUT2D eigenvalue weighted by Crippen LogP contribution is 2.48. The summed E-state index contributed by atoms with van der Waals surface area (Å²) in [5, 5.41) is 0. The van der Waals surface area contributed by atoms with Crippen LogP contribution >= 0.6 is 0 Å². The summed E-state index contributed by atoms with van der Waals surface area (Å²) in [7, 11) is 1.59. The van der Waals surface area contributed by atoms with E-state index in [0.29, 0.717) is 29.5 Å². The number of hydrogen-bond acceptors (Lipinski definition) is 6. The molecule has 2 aliphatic heterocycles. The van der Waals surface area contributed by atoms with Gasteiger partial charge in [-0.25, -0.2) is 4.98 Å². The lowest BCUT2D eigenvalue weighted by Crippen LogP contribution is -2.39. The number of ketones is 1. The van der Waals surface area contributed by atoms with Gasteiger partial charge in [-0.3, -0.25) is 14.5 Å². The van der Waals surface area contributed by atoms with Crippen molar-refractivity contribution in [1.29, 1.82) is 0 Å². The van der Waals surface area contributed by atoms with Gasteiger partial charge >= 0.3 is 0 Å². The number of carbonyl (C=O) groups excluding carboxylic acids is 2. The minimum atomic E-state index is -0.638. The van der Waals surface area contributed by atoms with E-state index in [4.69, 9.17) is 14.2 Å². The zero-order valence-corrected chi connectivity index (χ0v) is 20.6. The smallest absolute Gasteiger partial charge is 0.295 e. The fraction of sp³-hybridized carbons (Fsp3) is 0.464. The lowest BCUT2D eigenvalue weighted by Gasteiger charge is -2.35. The molecule has 7 heteroatoms. The Morgan fingerprint density at radius 2 is 1.94 bits per heavy atom. The number of rotatable bonds is 7. The van der Waals surface area contributed by atoms with Crippen molar-refractivity contribution in [2.75, 3.05) is 18.6 Å². The van der Waals surface area contributed by atoms with Gasteiger partial charge < -0.3 is 14.2 Å². The Bertz CT molecular complexity index is 1170. The van der Waals surface area contributed by atoms with Crippen molar-refractivity contribution in [1.82, 2.24) is 4.98 Å². The molecule has 3 aliphatic rings. The van der Waals surface area contributed by atoms with E-state index in [1.165, 1.54) is 0 Å². The first-order chi connectivity index (χ1) is 17.0. The maximum absolute atomic E-state index is 13.8. The van der Waals surface area contributed by atoms with Gasteiger partial charge in [0.25, 0.3) is 5.91 Å². The van der Waals surface area contributed by atoms with Crippen molar-refractivity contribution in [2.24, 2.45) is 5.92 Å². The van der Waals surface area contributed by atoms with Crippen LogP contribution in [0.15, 0.2) is 47.7 Å². The highest BCUT2D eigenvalue weighted by atomic mass is 16.5. The average molecular weight is 477 g/mol. The number of fused-ring (bicyclic) bond motifs is 1. The maximum Gasteiger partial charge on any atom is 0.295 e. The van der Waals surface area contributed by atoms with Gasteiger partial charge in [0.1, 0.15) is 11.9 Å². The van der Waals surface area contributed by atoms with Crippen LogP contribution in [-0.4, -0.2) is 36.5 Å². The summed E-state index contributed by atoms with van der Waals surface area (Å²) in [5.74, 6) is 1.37. The minimum Gasteiger partial charge on any atom is -0.493 e. The Kier molecular flexibility index (Phi) is 6.50. The number of aromatic nitrogens is 1. The molecule has 184 valence electrons. The Morgan fingerprint density at radius 1 is 1.11 bits per heavy atom. The van der Waals surface area contributed by atoms with Crippen molar-refractivity contribution < 1.29 is 23.8 Å². The Hall–Kier alpha value is -3.35. The van der Waals surface area contributed by atoms with Crippen LogP contribution in [0.3, 0.4) is 0 Å². The molecule has 2 aromatic rings. The lowest BCUT2D eigenvalue weighted by molar-refractivity contribution is -0.131. The van der Waals surface area contributed by atoms with Crippen LogP contribution in [0.5, 0.6) is 11.5 Å². The highest BCUT2D eigenvalue weighted by molar-refractivity contribution is 6.17. The molecule has 5 rings (SSSR count). The predicted octanol–water partition coefficient (Wildman–Crippen LogP) is 5.08. The van der Waals surface area contributed by atoms with Crippen molar-refractivity contribution in [2.45, 2.75) is 64.5 Å². The summed E-state index contributed by atoms with van der Waals surface area (Å²) in [5.41, 5.74) is 1.98. The van der Waals surface area contributed by atoms with Gasteiger partial charge in [0.15, 0.2) is 23.0 Å². The molecule has 1 aliphatic carbocycles. The van der Waals surface area contributed by atoms with Crippen molar-refractivity contribution >= 4 is 17.5 Å². The molecule has 35 heavy (non-hydrogen) atoms. The summed E-state index contributed by atoms with van der Waals surface area (Å²) < 4.78 is 17.8. The van der Waals surface area contributed by atoms with Gasteiger partial charge in [-0.05, 0) is 62.4 Å². The van der Waals surface area contributed by atoms with E-state index in [1.54, 1.807) is 18.1 Å². The molecule has 1 aromatic carbocycles. The summed E-state index contributed by atoms with van der Waals surface area (Å²) in [6, 6.07) is 10.5. The van der Waals surface area contributed by atoms with Gasteiger partial charge in [-0.1, -0.05) is 31.9 Å². The van der Waals surface area contributed by atoms with E-state index >= 15 is 0 Å². The number of amides is 1. The fourth-order valence-electron chi connectivity index (χ4n) is 5.36. The van der Waals surface area contributed by atoms with Crippen LogP contribution < -0.4 is 14.4 Å². The molecule has 1 aromatic heterocycles. The Balaban J connectivity index is 1.60. The van der Waals surface area contributed by atoms with E-state index < -0.39 is 6.04 Å². The molecule has 0 N–H and O–H groups in total. The first-order valence-corrected chi connectivity index (χ1v) is 12.6. The molecule has 1 fully saturated rings. The molecule has 1 saturated carbocycles. The monoisotopic (exact) mass is 476 g/mol. The summed E-state index contributed by atoms with van der Waals surface area (Å²) in [6.45, 7) is 4.59. The van der Waals surface area contributed by atoms with Crippen LogP contribution in [0.2, 0.25) is 0 Å². The van der Waals surface area contributed by atoms with E-state index in [1.807, 2.05) is 37.3 Å². The summed E-state index contributed by atoms with van der Waals surface area (Å²) >= 11 is 0. The molecule has 0 bridgehead atoms. The van der Waals surface area contributed by atoms with Crippen molar-refractivity contribution in [3.05, 3.63) is 59.0 Å². The Morgan fingerprint density at radius 3 is 2.71 bits per heavy atom. The molecule has 0 radical (unpaired) electrons. The quantitative estimate of drug-likeness (QED) is 0.519. The maximum atomic E-state index is 13.8. The number of Topliss-reactive ketones (excluding diaryl/α,β-unsaturated/α-hetero) is 1. The number of pyridine rings is 1. The summed E-state index contributed by atoms with van der Waals surface area (Å²) in [4.78, 5) is 33.8. The Labute approximate surface area is 206 Å². The number of unbranched alkanes of at least 4 members (excludes halogenated alkanes) is 1. The number of methoxy groups -OCH3 is 1. The SMILES string of the molecule is CCCCOc1ccc(C2C3=C(OC4CCCCC4C3=O)C(=O)N2c2cccc(C)n2)cc1OC. The molecule has 0 spiro atoms. The van der Waals surface area contributed by atoms with Crippen LogP contribution in [0.25, 0.3) is 0 Å². The van der Waals surface area contributed by atoms with Crippen molar-refractivity contribution in [3.63, 3.8) is 0 Å². The molecule has 3 atom stereocenters. The number of benzene rings is 1. The third kappa shape index (κ3) is 4.17.